The molecule has 2 saturated carbocycles. The summed E-state index contributed by atoms with van der Waals surface area (Å²) in [6.07, 6.45) is 28.5. The Labute approximate surface area is 212 Å². The monoisotopic (exact) mass is 468 g/mol. The van der Waals surface area contributed by atoms with Crippen LogP contribution in [0.1, 0.15) is 154 Å². The minimum Gasteiger partial charge on any atom is -0.494 e. The van der Waals surface area contributed by atoms with Crippen molar-refractivity contribution in [3.63, 3.8) is 0 Å². The Bertz CT molecular complexity index is 604. The van der Waals surface area contributed by atoms with Gasteiger partial charge in [-0.25, -0.2) is 0 Å². The molecule has 0 aliphatic heterocycles. The Balaban J connectivity index is 1.24. The highest BCUT2D eigenvalue weighted by molar-refractivity contribution is 5.29. The predicted octanol–water partition coefficient (Wildman–Crippen LogP) is 10.9. The van der Waals surface area contributed by atoms with Crippen molar-refractivity contribution in [2.24, 2.45) is 17.8 Å². The Morgan fingerprint density at radius 3 is 1.62 bits per heavy atom. The molecule has 0 aromatic heterocycles. The Morgan fingerprint density at radius 2 is 1.03 bits per heavy atom. The fourth-order valence-electron chi connectivity index (χ4n) is 6.71. The van der Waals surface area contributed by atoms with E-state index in [0.717, 1.165) is 36.0 Å². The number of unbranched alkanes of at least 4 members (excludes halogenated alkanes) is 6. The van der Waals surface area contributed by atoms with E-state index in [-0.39, 0.29) is 0 Å². The molecular formula is C33H56O. The van der Waals surface area contributed by atoms with Gasteiger partial charge in [0.25, 0.3) is 0 Å². The molecule has 0 N–H and O–H groups in total. The van der Waals surface area contributed by atoms with Crippen molar-refractivity contribution >= 4 is 0 Å². The van der Waals surface area contributed by atoms with Crippen LogP contribution in [0.15, 0.2) is 24.3 Å². The van der Waals surface area contributed by atoms with Gasteiger partial charge in [-0.2, -0.15) is 0 Å². The number of benzene rings is 1. The maximum atomic E-state index is 6.12. The van der Waals surface area contributed by atoms with E-state index in [9.17, 15) is 0 Å². The molecule has 1 aromatic rings. The van der Waals surface area contributed by atoms with Gasteiger partial charge in [0.2, 0.25) is 0 Å². The third-order valence-electron chi connectivity index (χ3n) is 9.12. The zero-order valence-electron chi connectivity index (χ0n) is 22.9. The van der Waals surface area contributed by atoms with Gasteiger partial charge in [0.15, 0.2) is 0 Å². The van der Waals surface area contributed by atoms with Gasteiger partial charge in [0.05, 0.1) is 6.61 Å². The van der Waals surface area contributed by atoms with Gasteiger partial charge in [-0.1, -0.05) is 116 Å². The number of ether oxygens (including phenoxy) is 1. The summed E-state index contributed by atoms with van der Waals surface area (Å²) < 4.78 is 6.12. The molecule has 0 heterocycles. The average molecular weight is 469 g/mol. The molecule has 3 rings (SSSR count). The first-order valence-corrected chi connectivity index (χ1v) is 15.5. The largest absolute Gasteiger partial charge is 0.494 e. The van der Waals surface area contributed by atoms with Crippen molar-refractivity contribution in [3.8, 4) is 5.75 Å². The molecule has 0 saturated heterocycles. The first kappa shape index (κ1) is 27.6. The second kappa shape index (κ2) is 16.6. The SMILES string of the molecule is CCCCCCCC1CCC(c2ccc(OCCCC3CCC(CCCCC)CC3)cc2)CC1. The molecule has 2 aliphatic carbocycles. The molecule has 194 valence electrons. The molecule has 0 spiro atoms. The lowest BCUT2D eigenvalue weighted by atomic mass is 9.77. The van der Waals surface area contributed by atoms with Gasteiger partial charge in [-0.05, 0) is 79.9 Å². The normalized spacial score (nSPS) is 25.4. The number of hydrogen-bond acceptors (Lipinski definition) is 1. The van der Waals surface area contributed by atoms with Crippen LogP contribution in [0.2, 0.25) is 0 Å². The number of rotatable bonds is 16. The summed E-state index contributed by atoms with van der Waals surface area (Å²) in [5, 5.41) is 0. The molecule has 2 aliphatic rings. The molecule has 0 atom stereocenters. The van der Waals surface area contributed by atoms with Crippen LogP contribution in [-0.4, -0.2) is 6.61 Å². The molecule has 1 aromatic carbocycles. The van der Waals surface area contributed by atoms with Crippen molar-refractivity contribution in [2.75, 3.05) is 6.61 Å². The summed E-state index contributed by atoms with van der Waals surface area (Å²) in [4.78, 5) is 0. The standard InChI is InChI=1S/C33H56O/c1-3-5-7-8-10-13-29-19-21-31(22-20-29)32-23-25-33(26-24-32)34-27-11-14-30-17-15-28(16-18-30)12-9-6-4-2/h23-26,28-31H,3-22,27H2,1-2H3. The average Bonchev–Trinajstić information content (AvgIpc) is 2.88. The van der Waals surface area contributed by atoms with Gasteiger partial charge in [0, 0.05) is 0 Å². The summed E-state index contributed by atoms with van der Waals surface area (Å²) in [5.41, 5.74) is 1.55. The molecular weight excluding hydrogens is 412 g/mol. The van der Waals surface area contributed by atoms with Gasteiger partial charge in [-0.15, -0.1) is 0 Å². The van der Waals surface area contributed by atoms with Crippen LogP contribution in [0.25, 0.3) is 0 Å². The quantitative estimate of drug-likeness (QED) is 0.219. The Hall–Kier alpha value is -0.980. The van der Waals surface area contributed by atoms with Gasteiger partial charge in [-0.3, -0.25) is 0 Å². The highest BCUT2D eigenvalue weighted by atomic mass is 16.5. The van der Waals surface area contributed by atoms with Crippen LogP contribution in [0.5, 0.6) is 5.75 Å². The molecule has 1 heteroatoms. The van der Waals surface area contributed by atoms with E-state index in [1.807, 2.05) is 0 Å². The fraction of sp³-hybridized carbons (Fsp3) is 0.818. The maximum absolute atomic E-state index is 6.12. The van der Waals surface area contributed by atoms with E-state index in [1.54, 1.807) is 5.56 Å². The van der Waals surface area contributed by atoms with Gasteiger partial charge in [0.1, 0.15) is 5.75 Å². The van der Waals surface area contributed by atoms with E-state index in [0.29, 0.717) is 0 Å². The minimum atomic E-state index is 0.780. The van der Waals surface area contributed by atoms with E-state index < -0.39 is 0 Å². The van der Waals surface area contributed by atoms with Crippen molar-refractivity contribution in [3.05, 3.63) is 29.8 Å². The molecule has 1 nitrogen and oxygen atoms in total. The minimum absolute atomic E-state index is 0.780. The highest BCUT2D eigenvalue weighted by Gasteiger charge is 2.22. The van der Waals surface area contributed by atoms with E-state index >= 15 is 0 Å². The molecule has 0 radical (unpaired) electrons. The van der Waals surface area contributed by atoms with Crippen LogP contribution in [0.4, 0.5) is 0 Å². The van der Waals surface area contributed by atoms with Crippen molar-refractivity contribution in [2.45, 2.75) is 148 Å². The second-order valence-corrected chi connectivity index (χ2v) is 11.9. The van der Waals surface area contributed by atoms with Gasteiger partial charge < -0.3 is 4.74 Å². The lowest BCUT2D eigenvalue weighted by Gasteiger charge is -2.29. The van der Waals surface area contributed by atoms with Crippen LogP contribution >= 0.6 is 0 Å². The smallest absolute Gasteiger partial charge is 0.119 e. The fourth-order valence-corrected chi connectivity index (χ4v) is 6.71. The van der Waals surface area contributed by atoms with Crippen molar-refractivity contribution < 1.29 is 4.74 Å². The summed E-state index contributed by atoms with van der Waals surface area (Å²) in [6, 6.07) is 9.17. The predicted molar refractivity (Wildman–Crippen MR) is 149 cm³/mol. The molecule has 0 unspecified atom stereocenters. The second-order valence-electron chi connectivity index (χ2n) is 11.9. The highest BCUT2D eigenvalue weighted by Crippen LogP contribution is 2.38. The summed E-state index contributed by atoms with van der Waals surface area (Å²) in [7, 11) is 0. The maximum Gasteiger partial charge on any atom is 0.119 e. The van der Waals surface area contributed by atoms with E-state index in [1.165, 1.54) is 128 Å². The molecule has 34 heavy (non-hydrogen) atoms. The summed E-state index contributed by atoms with van der Waals surface area (Å²) in [5.74, 6) is 4.84. The topological polar surface area (TPSA) is 9.23 Å². The third-order valence-corrected chi connectivity index (χ3v) is 9.12. The van der Waals surface area contributed by atoms with E-state index in [4.69, 9.17) is 4.74 Å². The molecule has 0 bridgehead atoms. The summed E-state index contributed by atoms with van der Waals surface area (Å²) >= 11 is 0. The van der Waals surface area contributed by atoms with Crippen LogP contribution in [0.3, 0.4) is 0 Å². The zero-order valence-corrected chi connectivity index (χ0v) is 22.9. The number of hydrogen-bond donors (Lipinski definition) is 0. The lowest BCUT2D eigenvalue weighted by Crippen LogP contribution is -2.15. The summed E-state index contributed by atoms with van der Waals surface area (Å²) in [6.45, 7) is 5.51. The van der Waals surface area contributed by atoms with Crippen LogP contribution in [-0.2, 0) is 0 Å². The van der Waals surface area contributed by atoms with Crippen molar-refractivity contribution in [1.82, 2.24) is 0 Å². The zero-order chi connectivity index (χ0) is 23.8. The van der Waals surface area contributed by atoms with Crippen LogP contribution < -0.4 is 4.74 Å². The van der Waals surface area contributed by atoms with E-state index in [2.05, 4.69) is 38.1 Å². The molecule has 0 amide bonds. The third kappa shape index (κ3) is 10.3. The Kier molecular flexibility index (Phi) is 13.5. The van der Waals surface area contributed by atoms with Crippen molar-refractivity contribution in [1.29, 1.82) is 0 Å². The first-order chi connectivity index (χ1) is 16.8. The molecule has 2 fully saturated rings. The first-order valence-electron chi connectivity index (χ1n) is 15.5. The lowest BCUT2D eigenvalue weighted by molar-refractivity contribution is 0.228. The van der Waals surface area contributed by atoms with Crippen LogP contribution in [0, 0.1) is 17.8 Å². The Morgan fingerprint density at radius 1 is 0.559 bits per heavy atom. The van der Waals surface area contributed by atoms with Gasteiger partial charge >= 0.3 is 0 Å².